The van der Waals surface area contributed by atoms with Gasteiger partial charge in [0.2, 0.25) is 4.77 Å². The van der Waals surface area contributed by atoms with Crippen LogP contribution in [0, 0.1) is 4.77 Å². The lowest BCUT2D eigenvalue weighted by atomic mass is 9.98. The topological polar surface area (TPSA) is 43.8 Å². The molecule has 2 aromatic rings. The number of hydrogen-bond acceptors (Lipinski definition) is 4. The minimum atomic E-state index is 0.613. The lowest BCUT2D eigenvalue weighted by Crippen LogP contribution is -2.08. The molecule has 102 valence electrons. The van der Waals surface area contributed by atoms with Crippen LogP contribution in [-0.2, 0) is 19.4 Å². The Morgan fingerprint density at radius 1 is 1.26 bits per heavy atom. The Hall–Kier alpha value is -0.940. The summed E-state index contributed by atoms with van der Waals surface area (Å²) in [6.45, 7) is 2.86. The summed E-state index contributed by atoms with van der Waals surface area (Å²) in [6, 6.07) is 0. The Morgan fingerprint density at radius 3 is 2.74 bits per heavy atom. The Morgan fingerprint density at radius 2 is 2.00 bits per heavy atom. The number of thiophene rings is 1. The first kappa shape index (κ1) is 13.1. The number of aryl methyl sites for hydroxylation is 2. The first-order chi connectivity index (χ1) is 9.22. The number of nitrogens with zero attached hydrogens (tertiary/aromatic N) is 2. The second kappa shape index (κ2) is 5.21. The standard InChI is InChI=1S/C14H19N3S2/c1-2-17-12(15)11-9-7-5-3-4-6-8-10(9)19-13(11)16-14(17)18/h2-8,15H2,1H3. The molecule has 2 aromatic heterocycles. The fourth-order valence-corrected chi connectivity index (χ4v) is 4.58. The molecular weight excluding hydrogens is 274 g/mol. The molecule has 1 aliphatic rings. The van der Waals surface area contributed by atoms with Crippen molar-refractivity contribution in [2.24, 2.45) is 0 Å². The van der Waals surface area contributed by atoms with Gasteiger partial charge in [-0.3, -0.25) is 0 Å². The van der Waals surface area contributed by atoms with E-state index in [4.69, 9.17) is 18.0 Å². The molecule has 3 rings (SSSR count). The van der Waals surface area contributed by atoms with Crippen LogP contribution in [0.1, 0.15) is 43.0 Å². The Balaban J connectivity index is 2.28. The van der Waals surface area contributed by atoms with E-state index in [1.807, 2.05) is 4.57 Å². The largest absolute Gasteiger partial charge is 0.384 e. The Kier molecular flexibility index (Phi) is 3.58. The van der Waals surface area contributed by atoms with Gasteiger partial charge in [0.15, 0.2) is 0 Å². The van der Waals surface area contributed by atoms with Crippen molar-refractivity contribution in [2.75, 3.05) is 5.73 Å². The molecule has 2 heterocycles. The predicted octanol–water partition coefficient (Wildman–Crippen LogP) is 4.09. The predicted molar refractivity (Wildman–Crippen MR) is 84.4 cm³/mol. The summed E-state index contributed by atoms with van der Waals surface area (Å²) >= 11 is 7.14. The van der Waals surface area contributed by atoms with Gasteiger partial charge in [-0.25, -0.2) is 4.98 Å². The Labute approximate surface area is 122 Å². The van der Waals surface area contributed by atoms with E-state index in [1.165, 1.54) is 47.9 Å². The molecule has 0 amide bonds. The molecule has 0 bridgehead atoms. The number of fused-ring (bicyclic) bond motifs is 3. The van der Waals surface area contributed by atoms with E-state index in [2.05, 4.69) is 11.9 Å². The van der Waals surface area contributed by atoms with Crippen LogP contribution >= 0.6 is 23.6 Å². The van der Waals surface area contributed by atoms with Crippen LogP contribution in [0.25, 0.3) is 10.2 Å². The third kappa shape index (κ3) is 2.19. The van der Waals surface area contributed by atoms with Gasteiger partial charge in [0.05, 0.1) is 5.39 Å². The second-order valence-electron chi connectivity index (χ2n) is 5.12. The highest BCUT2D eigenvalue weighted by molar-refractivity contribution is 7.71. The van der Waals surface area contributed by atoms with E-state index in [9.17, 15) is 0 Å². The average molecular weight is 293 g/mol. The van der Waals surface area contributed by atoms with Crippen molar-refractivity contribution in [1.29, 1.82) is 0 Å². The molecule has 2 N–H and O–H groups in total. The van der Waals surface area contributed by atoms with E-state index in [0.717, 1.165) is 23.6 Å². The fraction of sp³-hybridized carbons (Fsp3) is 0.571. The highest BCUT2D eigenvalue weighted by Crippen LogP contribution is 2.37. The second-order valence-corrected chi connectivity index (χ2v) is 6.57. The molecule has 0 radical (unpaired) electrons. The maximum atomic E-state index is 6.35. The zero-order valence-corrected chi connectivity index (χ0v) is 12.9. The number of nitrogens with two attached hydrogens (primary N) is 1. The smallest absolute Gasteiger partial charge is 0.202 e. The van der Waals surface area contributed by atoms with Crippen molar-refractivity contribution in [3.05, 3.63) is 15.2 Å². The maximum absolute atomic E-state index is 6.35. The molecule has 5 heteroatoms. The molecule has 3 nitrogen and oxygen atoms in total. The molecule has 0 aromatic carbocycles. The lowest BCUT2D eigenvalue weighted by Gasteiger charge is -2.12. The minimum absolute atomic E-state index is 0.613. The van der Waals surface area contributed by atoms with Crippen molar-refractivity contribution in [3.63, 3.8) is 0 Å². The summed E-state index contributed by atoms with van der Waals surface area (Å²) in [7, 11) is 0. The minimum Gasteiger partial charge on any atom is -0.384 e. The van der Waals surface area contributed by atoms with Crippen molar-refractivity contribution >= 4 is 39.6 Å². The van der Waals surface area contributed by atoms with E-state index < -0.39 is 0 Å². The fourth-order valence-electron chi connectivity index (χ4n) is 2.94. The van der Waals surface area contributed by atoms with Gasteiger partial charge in [-0.1, -0.05) is 12.8 Å². The van der Waals surface area contributed by atoms with Gasteiger partial charge in [0, 0.05) is 11.4 Å². The van der Waals surface area contributed by atoms with Gasteiger partial charge >= 0.3 is 0 Å². The zero-order chi connectivity index (χ0) is 13.4. The summed E-state index contributed by atoms with van der Waals surface area (Å²) in [6.07, 6.45) is 7.54. The first-order valence-electron chi connectivity index (χ1n) is 7.03. The monoisotopic (exact) mass is 293 g/mol. The molecule has 0 spiro atoms. The van der Waals surface area contributed by atoms with Crippen LogP contribution in [0.2, 0.25) is 0 Å². The first-order valence-corrected chi connectivity index (χ1v) is 8.25. The number of rotatable bonds is 1. The van der Waals surface area contributed by atoms with E-state index >= 15 is 0 Å². The molecule has 0 aliphatic heterocycles. The van der Waals surface area contributed by atoms with Crippen LogP contribution in [0.4, 0.5) is 5.82 Å². The molecule has 0 saturated heterocycles. The van der Waals surface area contributed by atoms with Crippen LogP contribution < -0.4 is 5.73 Å². The van der Waals surface area contributed by atoms with Gasteiger partial charge in [-0.15, -0.1) is 11.3 Å². The third-order valence-corrected chi connectivity index (χ3v) is 5.44. The summed E-state index contributed by atoms with van der Waals surface area (Å²) in [5.74, 6) is 0.815. The third-order valence-electron chi connectivity index (χ3n) is 3.94. The van der Waals surface area contributed by atoms with E-state index in [0.29, 0.717) is 4.77 Å². The van der Waals surface area contributed by atoms with Crippen molar-refractivity contribution in [3.8, 4) is 0 Å². The quantitative estimate of drug-likeness (QED) is 0.805. The van der Waals surface area contributed by atoms with Gasteiger partial charge in [-0.2, -0.15) is 0 Å². The highest BCUT2D eigenvalue weighted by atomic mass is 32.1. The summed E-state index contributed by atoms with van der Waals surface area (Å²) in [4.78, 5) is 7.11. The van der Waals surface area contributed by atoms with Crippen LogP contribution in [0.3, 0.4) is 0 Å². The van der Waals surface area contributed by atoms with Crippen molar-refractivity contribution < 1.29 is 0 Å². The van der Waals surface area contributed by atoms with Crippen molar-refractivity contribution in [2.45, 2.75) is 52.0 Å². The van der Waals surface area contributed by atoms with Crippen LogP contribution in [-0.4, -0.2) is 9.55 Å². The summed E-state index contributed by atoms with van der Waals surface area (Å²) in [5, 5.41) is 1.18. The summed E-state index contributed by atoms with van der Waals surface area (Å²) < 4.78 is 2.56. The Bertz CT molecular complexity index is 669. The molecule has 0 atom stereocenters. The molecule has 0 fully saturated rings. The normalized spacial score (nSPS) is 16.1. The van der Waals surface area contributed by atoms with E-state index in [1.54, 1.807) is 11.3 Å². The molecule has 0 saturated carbocycles. The summed E-state index contributed by atoms with van der Waals surface area (Å²) in [5.41, 5.74) is 7.80. The van der Waals surface area contributed by atoms with E-state index in [-0.39, 0.29) is 0 Å². The lowest BCUT2D eigenvalue weighted by molar-refractivity contribution is 0.623. The van der Waals surface area contributed by atoms with Gasteiger partial charge < -0.3 is 10.3 Å². The van der Waals surface area contributed by atoms with Gasteiger partial charge in [0.1, 0.15) is 10.6 Å². The molecule has 19 heavy (non-hydrogen) atoms. The molecule has 0 unspecified atom stereocenters. The van der Waals surface area contributed by atoms with Crippen LogP contribution in [0.5, 0.6) is 0 Å². The van der Waals surface area contributed by atoms with Gasteiger partial charge in [0.25, 0.3) is 0 Å². The van der Waals surface area contributed by atoms with Crippen molar-refractivity contribution in [1.82, 2.24) is 9.55 Å². The zero-order valence-electron chi connectivity index (χ0n) is 11.2. The average Bonchev–Trinajstić information content (AvgIpc) is 2.67. The highest BCUT2D eigenvalue weighted by Gasteiger charge is 2.18. The number of aromatic nitrogens is 2. The van der Waals surface area contributed by atoms with Gasteiger partial charge in [-0.05, 0) is 50.4 Å². The number of anilines is 1. The molecular formula is C14H19N3S2. The van der Waals surface area contributed by atoms with Crippen LogP contribution in [0.15, 0.2) is 0 Å². The number of hydrogen-bond donors (Lipinski definition) is 1. The SMILES string of the molecule is CCn1c(N)c2c3c(sc2nc1=S)CCCCCC3. The maximum Gasteiger partial charge on any atom is 0.202 e. The molecule has 1 aliphatic carbocycles. The number of nitrogen functional groups attached to an aromatic ring is 1.